The molecule has 2 rings (SSSR count). The number of phenolic OH excluding ortho intramolecular Hbond substituents is 1. The summed E-state index contributed by atoms with van der Waals surface area (Å²) in [6, 6.07) is 14.2. The molecule has 0 atom stereocenters. The Morgan fingerprint density at radius 2 is 1.65 bits per heavy atom. The van der Waals surface area contributed by atoms with Crippen LogP contribution in [0.5, 0.6) is 5.75 Å². The lowest BCUT2D eigenvalue weighted by Crippen LogP contribution is -1.90. The highest BCUT2D eigenvalue weighted by molar-refractivity contribution is 9.10. The maximum Gasteiger partial charge on any atom is 0.133 e. The van der Waals surface area contributed by atoms with Gasteiger partial charge in [-0.15, -0.1) is 0 Å². The summed E-state index contributed by atoms with van der Waals surface area (Å²) in [7, 11) is 0. The van der Waals surface area contributed by atoms with Gasteiger partial charge < -0.3 is 5.11 Å². The lowest BCUT2D eigenvalue weighted by molar-refractivity contribution is 0.461. The van der Waals surface area contributed by atoms with E-state index in [9.17, 15) is 5.11 Å². The van der Waals surface area contributed by atoms with Crippen LogP contribution >= 0.6 is 15.9 Å². The lowest BCUT2D eigenvalue weighted by Gasteiger charge is -2.12. The summed E-state index contributed by atoms with van der Waals surface area (Å²) in [5.41, 5.74) is 3.26. The van der Waals surface area contributed by atoms with E-state index in [1.54, 1.807) is 0 Å². The fourth-order valence-corrected chi connectivity index (χ4v) is 2.33. The molecule has 0 aliphatic rings. The zero-order chi connectivity index (χ0) is 12.4. The van der Waals surface area contributed by atoms with E-state index in [1.807, 2.05) is 24.3 Å². The second-order valence-corrected chi connectivity index (χ2v) is 5.27. The molecular weight excluding hydrogens is 276 g/mol. The molecule has 88 valence electrons. The van der Waals surface area contributed by atoms with Crippen LogP contribution < -0.4 is 0 Å². The van der Waals surface area contributed by atoms with E-state index < -0.39 is 0 Å². The van der Waals surface area contributed by atoms with Crippen molar-refractivity contribution in [2.75, 3.05) is 0 Å². The Bertz CT molecular complexity index is 518. The molecule has 0 saturated carbocycles. The number of rotatable bonds is 2. The molecule has 0 heterocycles. The number of halogens is 1. The third-order valence-corrected chi connectivity index (χ3v) is 3.43. The molecule has 1 N–H and O–H groups in total. The standard InChI is InChI=1S/C15H15BrO/c1-10(2)13-8-12(9-14(16)15(13)17)11-6-4-3-5-7-11/h3-10,17H,1-2H3. The van der Waals surface area contributed by atoms with Crippen LogP contribution in [0, 0.1) is 0 Å². The topological polar surface area (TPSA) is 20.2 Å². The molecule has 0 unspecified atom stereocenters. The first-order valence-corrected chi connectivity index (χ1v) is 6.46. The quantitative estimate of drug-likeness (QED) is 0.830. The Balaban J connectivity index is 2.57. The summed E-state index contributed by atoms with van der Waals surface area (Å²) >= 11 is 3.41. The second kappa shape index (κ2) is 4.92. The number of benzene rings is 2. The van der Waals surface area contributed by atoms with Crippen LogP contribution in [-0.2, 0) is 0 Å². The van der Waals surface area contributed by atoms with E-state index in [0.717, 1.165) is 21.2 Å². The largest absolute Gasteiger partial charge is 0.506 e. The highest BCUT2D eigenvalue weighted by atomic mass is 79.9. The normalized spacial score (nSPS) is 10.8. The van der Waals surface area contributed by atoms with Crippen LogP contribution in [0.3, 0.4) is 0 Å². The highest BCUT2D eigenvalue weighted by Crippen LogP contribution is 2.37. The predicted molar refractivity (Wildman–Crippen MR) is 75.3 cm³/mol. The Labute approximate surface area is 110 Å². The van der Waals surface area contributed by atoms with Crippen LogP contribution in [0.15, 0.2) is 46.9 Å². The van der Waals surface area contributed by atoms with Gasteiger partial charge in [-0.25, -0.2) is 0 Å². The van der Waals surface area contributed by atoms with Crippen molar-refractivity contribution in [1.82, 2.24) is 0 Å². The van der Waals surface area contributed by atoms with Gasteiger partial charge in [0.05, 0.1) is 4.47 Å². The predicted octanol–water partition coefficient (Wildman–Crippen LogP) is 4.95. The van der Waals surface area contributed by atoms with Gasteiger partial charge in [-0.3, -0.25) is 0 Å². The average molecular weight is 291 g/mol. The summed E-state index contributed by atoms with van der Waals surface area (Å²) in [5, 5.41) is 9.99. The van der Waals surface area contributed by atoms with Crippen LogP contribution in [-0.4, -0.2) is 5.11 Å². The second-order valence-electron chi connectivity index (χ2n) is 4.42. The van der Waals surface area contributed by atoms with Gasteiger partial charge in [-0.2, -0.15) is 0 Å². The van der Waals surface area contributed by atoms with E-state index in [1.165, 1.54) is 0 Å². The van der Waals surface area contributed by atoms with Crippen molar-refractivity contribution in [2.45, 2.75) is 19.8 Å². The third-order valence-electron chi connectivity index (χ3n) is 2.82. The maximum atomic E-state index is 9.99. The molecule has 0 spiro atoms. The Morgan fingerprint density at radius 1 is 1.00 bits per heavy atom. The first-order valence-electron chi connectivity index (χ1n) is 5.67. The van der Waals surface area contributed by atoms with E-state index in [0.29, 0.717) is 11.7 Å². The Hall–Kier alpha value is -1.28. The molecule has 1 nitrogen and oxygen atoms in total. The molecule has 17 heavy (non-hydrogen) atoms. The molecule has 2 heteroatoms. The van der Waals surface area contributed by atoms with Crippen LogP contribution in [0.25, 0.3) is 11.1 Å². The van der Waals surface area contributed by atoms with Crippen molar-refractivity contribution in [2.24, 2.45) is 0 Å². The van der Waals surface area contributed by atoms with E-state index in [-0.39, 0.29) is 0 Å². The summed E-state index contributed by atoms with van der Waals surface area (Å²) < 4.78 is 0.752. The molecule has 0 aromatic heterocycles. The first kappa shape index (κ1) is 12.2. The van der Waals surface area contributed by atoms with E-state index in [2.05, 4.69) is 48.0 Å². The number of phenols is 1. The minimum Gasteiger partial charge on any atom is -0.506 e. The lowest BCUT2D eigenvalue weighted by atomic mass is 9.96. The van der Waals surface area contributed by atoms with Crippen molar-refractivity contribution >= 4 is 15.9 Å². The van der Waals surface area contributed by atoms with Gasteiger partial charge >= 0.3 is 0 Å². The summed E-state index contributed by atoms with van der Waals surface area (Å²) in [6.07, 6.45) is 0. The third kappa shape index (κ3) is 2.52. The number of hydrogen-bond donors (Lipinski definition) is 1. The van der Waals surface area contributed by atoms with Crippen molar-refractivity contribution in [3.63, 3.8) is 0 Å². The van der Waals surface area contributed by atoms with Crippen molar-refractivity contribution < 1.29 is 5.11 Å². The summed E-state index contributed by atoms with van der Waals surface area (Å²) in [4.78, 5) is 0. The SMILES string of the molecule is CC(C)c1cc(-c2ccccc2)cc(Br)c1O. The molecule has 0 fully saturated rings. The van der Waals surface area contributed by atoms with E-state index in [4.69, 9.17) is 0 Å². The fourth-order valence-electron chi connectivity index (χ4n) is 1.86. The van der Waals surface area contributed by atoms with Gasteiger partial charge in [0.1, 0.15) is 5.75 Å². The van der Waals surface area contributed by atoms with Gasteiger partial charge in [-0.05, 0) is 50.7 Å². The monoisotopic (exact) mass is 290 g/mol. The van der Waals surface area contributed by atoms with Crippen molar-refractivity contribution in [1.29, 1.82) is 0 Å². The van der Waals surface area contributed by atoms with Gasteiger partial charge in [0.15, 0.2) is 0 Å². The maximum absolute atomic E-state index is 9.99. The minimum absolute atomic E-state index is 0.301. The van der Waals surface area contributed by atoms with Crippen LogP contribution in [0.4, 0.5) is 0 Å². The Morgan fingerprint density at radius 3 is 2.24 bits per heavy atom. The van der Waals surface area contributed by atoms with E-state index >= 15 is 0 Å². The molecule has 0 aliphatic heterocycles. The number of aromatic hydroxyl groups is 1. The number of hydrogen-bond acceptors (Lipinski definition) is 1. The van der Waals surface area contributed by atoms with Crippen LogP contribution in [0.2, 0.25) is 0 Å². The fraction of sp³-hybridized carbons (Fsp3) is 0.200. The molecule has 0 aliphatic carbocycles. The molecule has 0 saturated heterocycles. The highest BCUT2D eigenvalue weighted by Gasteiger charge is 2.11. The summed E-state index contributed by atoms with van der Waals surface area (Å²) in [6.45, 7) is 4.16. The minimum atomic E-state index is 0.301. The zero-order valence-electron chi connectivity index (χ0n) is 9.94. The first-order chi connectivity index (χ1) is 8.09. The molecular formula is C15H15BrO. The summed E-state index contributed by atoms with van der Waals surface area (Å²) in [5.74, 6) is 0.648. The average Bonchev–Trinajstić information content (AvgIpc) is 2.33. The molecule has 0 radical (unpaired) electrons. The molecule has 0 amide bonds. The zero-order valence-corrected chi connectivity index (χ0v) is 11.5. The molecule has 2 aromatic carbocycles. The van der Waals surface area contributed by atoms with Gasteiger partial charge in [0.2, 0.25) is 0 Å². The van der Waals surface area contributed by atoms with Gasteiger partial charge in [0.25, 0.3) is 0 Å². The van der Waals surface area contributed by atoms with Crippen LogP contribution in [0.1, 0.15) is 25.3 Å². The van der Waals surface area contributed by atoms with Crippen molar-refractivity contribution in [3.05, 3.63) is 52.5 Å². The molecule has 2 aromatic rings. The van der Waals surface area contributed by atoms with Gasteiger partial charge in [-0.1, -0.05) is 44.2 Å². The Kier molecular flexibility index (Phi) is 3.53. The van der Waals surface area contributed by atoms with Crippen molar-refractivity contribution in [3.8, 4) is 16.9 Å². The van der Waals surface area contributed by atoms with Gasteiger partial charge in [0, 0.05) is 0 Å². The smallest absolute Gasteiger partial charge is 0.133 e. The molecule has 0 bridgehead atoms.